The fourth-order valence-electron chi connectivity index (χ4n) is 5.03. The normalized spacial score (nSPS) is 12.5. The summed E-state index contributed by atoms with van der Waals surface area (Å²) in [5, 5.41) is 0. The molecule has 0 saturated heterocycles. The number of unbranched alkanes of at least 4 members (excludes halogenated alkanes) is 19. The summed E-state index contributed by atoms with van der Waals surface area (Å²) in [7, 11) is 0. The maximum atomic E-state index is 12.2. The van der Waals surface area contributed by atoms with Crippen LogP contribution in [0.2, 0.25) is 0 Å². The van der Waals surface area contributed by atoms with E-state index >= 15 is 0 Å². The highest BCUT2D eigenvalue weighted by Crippen LogP contribution is 2.12. The average molecular weight is 637 g/mol. The number of hydrogen-bond acceptors (Lipinski definition) is 4. The maximum absolute atomic E-state index is 12.2. The molecule has 1 atom stereocenters. The lowest BCUT2D eigenvalue weighted by molar-refractivity contribution is -0.157. The largest absolute Gasteiger partial charge is 0.462 e. The second-order valence-corrected chi connectivity index (χ2v) is 12.6. The van der Waals surface area contributed by atoms with E-state index in [9.17, 15) is 9.59 Å². The topological polar surface area (TPSA) is 52.6 Å². The van der Waals surface area contributed by atoms with Gasteiger partial charge in [0, 0.05) is 12.8 Å². The Morgan fingerprint density at radius 1 is 0.523 bits per heavy atom. The van der Waals surface area contributed by atoms with E-state index in [0.717, 1.165) is 57.8 Å². The number of halogens is 1. The number of carbonyl (C=O) groups is 2. The van der Waals surface area contributed by atoms with Crippen LogP contribution in [0, 0.1) is 0 Å². The summed E-state index contributed by atoms with van der Waals surface area (Å²) in [5.41, 5.74) is 0. The van der Waals surface area contributed by atoms with Crippen LogP contribution >= 0.6 is 11.6 Å². The van der Waals surface area contributed by atoms with Gasteiger partial charge in [0.15, 0.2) is 0 Å². The molecule has 0 heterocycles. The predicted octanol–water partition coefficient (Wildman–Crippen LogP) is 12.5. The van der Waals surface area contributed by atoms with Crippen molar-refractivity contribution >= 4 is 23.5 Å². The van der Waals surface area contributed by atoms with Crippen molar-refractivity contribution in [3.05, 3.63) is 36.5 Å². The predicted molar refractivity (Wildman–Crippen MR) is 190 cm³/mol. The molecule has 0 spiro atoms. The van der Waals surface area contributed by atoms with Gasteiger partial charge in [0.25, 0.3) is 0 Å². The first-order valence-corrected chi connectivity index (χ1v) is 19.0. The Hall–Kier alpha value is -1.55. The van der Waals surface area contributed by atoms with Gasteiger partial charge in [-0.15, -0.1) is 11.6 Å². The molecule has 0 aliphatic heterocycles. The van der Waals surface area contributed by atoms with Gasteiger partial charge in [-0.25, -0.2) is 0 Å². The second kappa shape index (κ2) is 35.9. The zero-order chi connectivity index (χ0) is 32.2. The molecule has 4 nitrogen and oxygen atoms in total. The smallest absolute Gasteiger partial charge is 0.306 e. The Balaban J connectivity index is 3.61. The first-order valence-electron chi connectivity index (χ1n) is 18.5. The Bertz CT molecular complexity index is 715. The summed E-state index contributed by atoms with van der Waals surface area (Å²) in [6, 6.07) is 0. The fourth-order valence-corrected chi connectivity index (χ4v) is 5.19. The minimum absolute atomic E-state index is 0.0430. The molecule has 0 aromatic rings. The van der Waals surface area contributed by atoms with Crippen LogP contribution in [0.1, 0.15) is 181 Å². The fraction of sp³-hybridized carbons (Fsp3) is 0.795. The third-order valence-corrected chi connectivity index (χ3v) is 8.22. The molecule has 0 amide bonds. The highest BCUT2D eigenvalue weighted by molar-refractivity contribution is 6.18. The molecule has 256 valence electrons. The van der Waals surface area contributed by atoms with Crippen LogP contribution in [0.15, 0.2) is 36.5 Å². The Labute approximate surface area is 277 Å². The second-order valence-electron chi connectivity index (χ2n) is 12.3. The number of alkyl halides is 1. The van der Waals surface area contributed by atoms with Crippen molar-refractivity contribution in [2.45, 2.75) is 187 Å². The van der Waals surface area contributed by atoms with Gasteiger partial charge in [-0.2, -0.15) is 0 Å². The van der Waals surface area contributed by atoms with E-state index in [2.05, 4.69) is 50.3 Å². The summed E-state index contributed by atoms with van der Waals surface area (Å²) in [6.07, 6.45) is 42.6. The van der Waals surface area contributed by atoms with Crippen molar-refractivity contribution in [3.63, 3.8) is 0 Å². The third-order valence-electron chi connectivity index (χ3n) is 7.87. The van der Waals surface area contributed by atoms with E-state index in [-0.39, 0.29) is 24.4 Å². The summed E-state index contributed by atoms with van der Waals surface area (Å²) >= 11 is 5.96. The van der Waals surface area contributed by atoms with Crippen molar-refractivity contribution in [1.82, 2.24) is 0 Å². The molecule has 1 unspecified atom stereocenters. The Kier molecular flexibility index (Phi) is 34.7. The molecule has 0 aliphatic rings. The van der Waals surface area contributed by atoms with Crippen LogP contribution in [0.5, 0.6) is 0 Å². The number of rotatable bonds is 33. The highest BCUT2D eigenvalue weighted by atomic mass is 35.5. The highest BCUT2D eigenvalue weighted by Gasteiger charge is 2.16. The van der Waals surface area contributed by atoms with Gasteiger partial charge in [-0.3, -0.25) is 9.59 Å². The number of carbonyl (C=O) groups excluding carboxylic acids is 2. The maximum Gasteiger partial charge on any atom is 0.306 e. The third kappa shape index (κ3) is 33.3. The molecule has 0 N–H and O–H groups in total. The van der Waals surface area contributed by atoms with E-state index in [0.29, 0.717) is 12.8 Å². The van der Waals surface area contributed by atoms with Crippen LogP contribution < -0.4 is 0 Å². The van der Waals surface area contributed by atoms with Crippen LogP contribution in [0.4, 0.5) is 0 Å². The van der Waals surface area contributed by atoms with Gasteiger partial charge in [0.05, 0.1) is 5.88 Å². The quantitative estimate of drug-likeness (QED) is 0.0311. The minimum Gasteiger partial charge on any atom is -0.462 e. The molecular formula is C39H69ClO4. The number of allylic oxidation sites excluding steroid dienone is 6. The van der Waals surface area contributed by atoms with Crippen molar-refractivity contribution in [3.8, 4) is 0 Å². The lowest BCUT2D eigenvalue weighted by atomic mass is 10.1. The SMILES string of the molecule is CCCCCC=CCC=CCCCCCCCC(=O)OC(CCl)COC(=O)CCCCCCCC=CCCCCCCCC. The molecule has 0 bridgehead atoms. The van der Waals surface area contributed by atoms with Crippen LogP contribution in [0.25, 0.3) is 0 Å². The van der Waals surface area contributed by atoms with Gasteiger partial charge in [0.1, 0.15) is 12.7 Å². The first-order chi connectivity index (χ1) is 21.6. The van der Waals surface area contributed by atoms with Crippen LogP contribution in [-0.4, -0.2) is 30.5 Å². The van der Waals surface area contributed by atoms with Crippen molar-refractivity contribution < 1.29 is 19.1 Å². The first kappa shape index (κ1) is 42.5. The van der Waals surface area contributed by atoms with Crippen LogP contribution in [-0.2, 0) is 19.1 Å². The number of esters is 2. The number of ether oxygens (including phenoxy) is 2. The van der Waals surface area contributed by atoms with Crippen molar-refractivity contribution in [2.24, 2.45) is 0 Å². The number of hydrogen-bond donors (Lipinski definition) is 0. The van der Waals surface area contributed by atoms with Gasteiger partial charge in [0.2, 0.25) is 0 Å². The lowest BCUT2D eigenvalue weighted by Gasteiger charge is -2.15. The summed E-state index contributed by atoms with van der Waals surface area (Å²) in [4.78, 5) is 24.3. The Morgan fingerprint density at radius 3 is 1.41 bits per heavy atom. The van der Waals surface area contributed by atoms with Gasteiger partial charge < -0.3 is 9.47 Å². The molecule has 0 rings (SSSR count). The molecular weight excluding hydrogens is 568 g/mol. The summed E-state index contributed by atoms with van der Waals surface area (Å²) < 4.78 is 10.8. The van der Waals surface area contributed by atoms with Gasteiger partial charge >= 0.3 is 11.9 Å². The van der Waals surface area contributed by atoms with Gasteiger partial charge in [-0.05, 0) is 70.6 Å². The van der Waals surface area contributed by atoms with E-state index < -0.39 is 6.10 Å². The van der Waals surface area contributed by atoms with Gasteiger partial charge in [-0.1, -0.05) is 134 Å². The van der Waals surface area contributed by atoms with E-state index in [1.54, 1.807) is 0 Å². The zero-order valence-corrected chi connectivity index (χ0v) is 29.6. The summed E-state index contributed by atoms with van der Waals surface area (Å²) in [5.74, 6) is -0.355. The standard InChI is InChI=1S/C39H69ClO4/c1-3-5-7-9-11-13-15-17-19-21-23-25-27-29-31-33-38(41)43-36-37(35-40)44-39(42)34-32-30-28-26-24-22-20-18-16-14-12-10-8-6-4-2/h12,14,17-20,37H,3-11,13,15-16,21-36H2,1-2H3. The summed E-state index contributed by atoms with van der Waals surface area (Å²) in [6.45, 7) is 4.54. The Morgan fingerprint density at radius 2 is 0.909 bits per heavy atom. The molecule has 0 aromatic carbocycles. The molecule has 0 aliphatic carbocycles. The zero-order valence-electron chi connectivity index (χ0n) is 28.9. The monoisotopic (exact) mass is 636 g/mol. The molecule has 0 radical (unpaired) electrons. The van der Waals surface area contributed by atoms with E-state index in [4.69, 9.17) is 21.1 Å². The van der Waals surface area contributed by atoms with E-state index in [1.165, 1.54) is 96.3 Å². The van der Waals surface area contributed by atoms with Crippen molar-refractivity contribution in [1.29, 1.82) is 0 Å². The van der Waals surface area contributed by atoms with Crippen molar-refractivity contribution in [2.75, 3.05) is 12.5 Å². The molecule has 5 heteroatoms. The molecule has 44 heavy (non-hydrogen) atoms. The lowest BCUT2D eigenvalue weighted by Crippen LogP contribution is -2.26. The molecule has 0 aromatic heterocycles. The van der Waals surface area contributed by atoms with Crippen LogP contribution in [0.3, 0.4) is 0 Å². The molecule has 0 fully saturated rings. The molecule has 0 saturated carbocycles. The minimum atomic E-state index is -0.569. The average Bonchev–Trinajstić information content (AvgIpc) is 3.02. The van der Waals surface area contributed by atoms with E-state index in [1.807, 2.05) is 0 Å².